The summed E-state index contributed by atoms with van der Waals surface area (Å²) in [7, 11) is 0. The minimum atomic E-state index is -0.846. The number of thioether (sulfide) groups is 1. The van der Waals surface area contributed by atoms with Crippen molar-refractivity contribution >= 4 is 22.8 Å². The summed E-state index contributed by atoms with van der Waals surface area (Å²) >= 11 is 1.29. The van der Waals surface area contributed by atoms with E-state index < -0.39 is 17.3 Å². The highest BCUT2D eigenvalue weighted by atomic mass is 32.2. The summed E-state index contributed by atoms with van der Waals surface area (Å²) in [5.41, 5.74) is -0.588. The number of carboxylic acid groups (broad SMARTS) is 1. The third-order valence-corrected chi connectivity index (χ3v) is 3.54. The van der Waals surface area contributed by atoms with Gasteiger partial charge in [-0.15, -0.1) is 0 Å². The molecule has 0 saturated heterocycles. The first kappa shape index (κ1) is 15.5. The first-order valence-electron chi connectivity index (χ1n) is 5.42. The van der Waals surface area contributed by atoms with Crippen molar-refractivity contribution in [1.82, 2.24) is 0 Å². The lowest BCUT2D eigenvalue weighted by atomic mass is 9.84. The maximum atomic E-state index is 12.0. The van der Waals surface area contributed by atoms with Crippen LogP contribution in [0.15, 0.2) is 0 Å². The van der Waals surface area contributed by atoms with Gasteiger partial charge in [0.15, 0.2) is 5.12 Å². The van der Waals surface area contributed by atoms with Crippen LogP contribution in [0.2, 0.25) is 0 Å². The van der Waals surface area contributed by atoms with Gasteiger partial charge in [-0.25, -0.2) is 0 Å². The van der Waals surface area contributed by atoms with Crippen LogP contribution in [-0.2, 0) is 9.59 Å². The predicted octanol–water partition coefficient (Wildman–Crippen LogP) is 3.18. The number of carbonyl (C=O) groups is 2. The standard InChI is InChI=1S/C12H22O3S/c1-8(9(13)14)7-12(5,6)10(15)16-11(2,3)4/h8H,7H2,1-6H3,(H,13,14). The highest BCUT2D eigenvalue weighted by molar-refractivity contribution is 8.14. The molecular weight excluding hydrogens is 224 g/mol. The van der Waals surface area contributed by atoms with Crippen LogP contribution in [0.3, 0.4) is 0 Å². The second-order valence-electron chi connectivity index (χ2n) is 5.83. The molecule has 1 atom stereocenters. The molecule has 1 unspecified atom stereocenters. The van der Waals surface area contributed by atoms with Gasteiger partial charge < -0.3 is 5.11 Å². The Kier molecular flexibility index (Phi) is 5.05. The van der Waals surface area contributed by atoms with E-state index in [2.05, 4.69) is 0 Å². The van der Waals surface area contributed by atoms with E-state index in [0.717, 1.165) is 0 Å². The summed E-state index contributed by atoms with van der Waals surface area (Å²) in [6, 6.07) is 0. The summed E-state index contributed by atoms with van der Waals surface area (Å²) < 4.78 is -0.124. The highest BCUT2D eigenvalue weighted by Gasteiger charge is 2.34. The number of hydrogen-bond donors (Lipinski definition) is 1. The zero-order valence-electron chi connectivity index (χ0n) is 11.0. The van der Waals surface area contributed by atoms with Crippen LogP contribution < -0.4 is 0 Å². The molecule has 0 aliphatic heterocycles. The fourth-order valence-electron chi connectivity index (χ4n) is 1.35. The van der Waals surface area contributed by atoms with Crippen molar-refractivity contribution in [1.29, 1.82) is 0 Å². The normalized spacial score (nSPS) is 14.6. The number of aliphatic carboxylic acids is 1. The van der Waals surface area contributed by atoms with Gasteiger partial charge in [0.05, 0.1) is 5.92 Å². The Morgan fingerprint density at radius 2 is 1.62 bits per heavy atom. The molecule has 0 aliphatic carbocycles. The molecule has 94 valence electrons. The lowest BCUT2D eigenvalue weighted by Gasteiger charge is -2.28. The van der Waals surface area contributed by atoms with Crippen LogP contribution in [0.1, 0.15) is 48.0 Å². The molecule has 0 amide bonds. The number of carboxylic acids is 1. The van der Waals surface area contributed by atoms with E-state index in [4.69, 9.17) is 5.11 Å². The lowest BCUT2D eigenvalue weighted by molar-refractivity contribution is -0.142. The molecule has 0 spiro atoms. The molecule has 0 rings (SSSR count). The minimum absolute atomic E-state index is 0.0631. The highest BCUT2D eigenvalue weighted by Crippen LogP contribution is 2.36. The number of carbonyl (C=O) groups excluding carboxylic acids is 1. The molecule has 0 radical (unpaired) electrons. The van der Waals surface area contributed by atoms with Gasteiger partial charge in [-0.2, -0.15) is 0 Å². The Bertz CT molecular complexity index is 276. The summed E-state index contributed by atoms with van der Waals surface area (Å²) in [6.07, 6.45) is 0.379. The Morgan fingerprint density at radius 3 is 1.94 bits per heavy atom. The van der Waals surface area contributed by atoms with Crippen LogP contribution in [0.5, 0.6) is 0 Å². The van der Waals surface area contributed by atoms with Crippen molar-refractivity contribution in [3.63, 3.8) is 0 Å². The minimum Gasteiger partial charge on any atom is -0.481 e. The Hall–Kier alpha value is -0.510. The van der Waals surface area contributed by atoms with E-state index in [-0.39, 0.29) is 9.86 Å². The van der Waals surface area contributed by atoms with E-state index in [9.17, 15) is 9.59 Å². The average molecular weight is 246 g/mol. The third-order valence-electron chi connectivity index (χ3n) is 2.19. The smallest absolute Gasteiger partial charge is 0.306 e. The first-order valence-corrected chi connectivity index (χ1v) is 6.23. The van der Waals surface area contributed by atoms with Crippen molar-refractivity contribution in [2.45, 2.75) is 52.7 Å². The van der Waals surface area contributed by atoms with Gasteiger partial charge in [-0.1, -0.05) is 53.3 Å². The molecule has 0 heterocycles. The number of rotatable bonds is 4. The SMILES string of the molecule is CC(CC(C)(C)C(=O)SC(C)(C)C)C(=O)O. The molecule has 3 nitrogen and oxygen atoms in total. The molecule has 1 N–H and O–H groups in total. The molecule has 0 saturated carbocycles. The van der Waals surface area contributed by atoms with Crippen LogP contribution in [0, 0.1) is 11.3 Å². The fraction of sp³-hybridized carbons (Fsp3) is 0.833. The van der Waals surface area contributed by atoms with Crippen molar-refractivity contribution < 1.29 is 14.7 Å². The summed E-state index contributed by atoms with van der Waals surface area (Å²) in [4.78, 5) is 22.8. The molecule has 0 aromatic carbocycles. The van der Waals surface area contributed by atoms with Gasteiger partial charge in [-0.05, 0) is 6.42 Å². The van der Waals surface area contributed by atoms with Gasteiger partial charge in [0.1, 0.15) is 0 Å². The number of hydrogen-bond acceptors (Lipinski definition) is 3. The summed E-state index contributed by atoms with van der Waals surface area (Å²) in [5, 5.41) is 8.90. The Labute approximate surface area is 102 Å². The first-order chi connectivity index (χ1) is 6.96. The zero-order chi connectivity index (χ0) is 13.1. The van der Waals surface area contributed by atoms with Gasteiger partial charge in [0, 0.05) is 10.2 Å². The van der Waals surface area contributed by atoms with Gasteiger partial charge in [0.25, 0.3) is 0 Å². The monoisotopic (exact) mass is 246 g/mol. The van der Waals surface area contributed by atoms with Gasteiger partial charge in [-0.3, -0.25) is 9.59 Å². The molecule has 0 aliphatic rings. The maximum Gasteiger partial charge on any atom is 0.306 e. The van der Waals surface area contributed by atoms with Crippen molar-refractivity contribution in [3.8, 4) is 0 Å². The summed E-state index contributed by atoms with van der Waals surface area (Å²) in [6.45, 7) is 11.2. The van der Waals surface area contributed by atoms with E-state index in [1.54, 1.807) is 6.92 Å². The van der Waals surface area contributed by atoms with E-state index in [1.807, 2.05) is 34.6 Å². The van der Waals surface area contributed by atoms with Crippen molar-refractivity contribution in [2.75, 3.05) is 0 Å². The predicted molar refractivity (Wildman–Crippen MR) is 67.5 cm³/mol. The summed E-state index contributed by atoms with van der Waals surface area (Å²) in [5.74, 6) is -1.33. The lowest BCUT2D eigenvalue weighted by Crippen LogP contribution is -2.29. The van der Waals surface area contributed by atoms with Crippen molar-refractivity contribution in [2.24, 2.45) is 11.3 Å². The van der Waals surface area contributed by atoms with Crippen LogP contribution in [0.4, 0.5) is 0 Å². The Balaban J connectivity index is 4.54. The topological polar surface area (TPSA) is 54.4 Å². The van der Waals surface area contributed by atoms with E-state index in [1.165, 1.54) is 11.8 Å². The molecule has 4 heteroatoms. The quantitative estimate of drug-likeness (QED) is 0.827. The third kappa shape index (κ3) is 5.54. The fourth-order valence-corrected chi connectivity index (χ4v) is 2.27. The molecule has 0 bridgehead atoms. The zero-order valence-corrected chi connectivity index (χ0v) is 11.8. The molecule has 0 aromatic heterocycles. The Morgan fingerprint density at radius 1 is 1.19 bits per heavy atom. The van der Waals surface area contributed by atoms with Gasteiger partial charge in [0.2, 0.25) is 0 Å². The molecular formula is C12H22O3S. The van der Waals surface area contributed by atoms with Crippen LogP contribution in [0.25, 0.3) is 0 Å². The van der Waals surface area contributed by atoms with Crippen LogP contribution in [-0.4, -0.2) is 20.9 Å². The molecule has 16 heavy (non-hydrogen) atoms. The van der Waals surface area contributed by atoms with E-state index >= 15 is 0 Å². The van der Waals surface area contributed by atoms with Gasteiger partial charge >= 0.3 is 5.97 Å². The second-order valence-corrected chi connectivity index (χ2v) is 7.63. The largest absolute Gasteiger partial charge is 0.481 e. The second kappa shape index (κ2) is 5.21. The molecule has 0 aromatic rings. The average Bonchev–Trinajstić information content (AvgIpc) is 1.99. The maximum absolute atomic E-state index is 12.0. The van der Waals surface area contributed by atoms with Crippen LogP contribution >= 0.6 is 11.8 Å². The molecule has 0 fully saturated rings. The van der Waals surface area contributed by atoms with Crippen molar-refractivity contribution in [3.05, 3.63) is 0 Å². The van der Waals surface area contributed by atoms with E-state index in [0.29, 0.717) is 6.42 Å².